The van der Waals surface area contributed by atoms with E-state index in [4.69, 9.17) is 4.74 Å². The number of allylic oxidation sites excluding steroid dienone is 2. The summed E-state index contributed by atoms with van der Waals surface area (Å²) in [6.07, 6.45) is 3.69. The van der Waals surface area contributed by atoms with Crippen LogP contribution in [0.2, 0.25) is 0 Å². The number of benzene rings is 2. The van der Waals surface area contributed by atoms with Crippen LogP contribution < -0.4 is 10.1 Å². The van der Waals surface area contributed by atoms with Crippen LogP contribution in [0, 0.1) is 5.82 Å². The van der Waals surface area contributed by atoms with Crippen LogP contribution in [0.15, 0.2) is 54.3 Å². The molecule has 4 aliphatic heterocycles. The lowest BCUT2D eigenvalue weighted by molar-refractivity contribution is -0.123. The Bertz CT molecular complexity index is 1310. The monoisotopic (exact) mass is 460 g/mol. The van der Waals surface area contributed by atoms with E-state index in [1.54, 1.807) is 12.3 Å². The molecule has 4 aliphatic rings. The SMILES string of the molecule is O=C1CCN(N2Cc3cc(CN4CC(=C5C=COc6cc(F)ccc65)C4)ccc3C2=O)C(=O)N1. The number of nitrogens with zero attached hydrogens (tertiary/aromatic N) is 3. The van der Waals surface area contributed by atoms with Crippen molar-refractivity contribution in [1.29, 1.82) is 0 Å². The highest BCUT2D eigenvalue weighted by Gasteiger charge is 2.37. The molecule has 0 unspecified atom stereocenters. The van der Waals surface area contributed by atoms with Crippen LogP contribution in [0.5, 0.6) is 5.75 Å². The number of rotatable bonds is 3. The molecule has 4 heterocycles. The van der Waals surface area contributed by atoms with Crippen LogP contribution in [0.4, 0.5) is 9.18 Å². The number of fused-ring (bicyclic) bond motifs is 2. The quantitative estimate of drug-likeness (QED) is 0.762. The predicted molar refractivity (Wildman–Crippen MR) is 120 cm³/mol. The number of likely N-dealkylation sites (tertiary alicyclic amines) is 1. The lowest BCUT2D eigenvalue weighted by Crippen LogP contribution is -2.56. The van der Waals surface area contributed by atoms with Gasteiger partial charge in [-0.1, -0.05) is 12.1 Å². The van der Waals surface area contributed by atoms with E-state index in [9.17, 15) is 18.8 Å². The van der Waals surface area contributed by atoms with E-state index in [0.717, 1.165) is 41.9 Å². The normalized spacial score (nSPS) is 19.6. The molecular weight excluding hydrogens is 439 g/mol. The van der Waals surface area contributed by atoms with Gasteiger partial charge in [-0.25, -0.2) is 19.2 Å². The number of imide groups is 1. The largest absolute Gasteiger partial charge is 0.464 e. The molecule has 2 aromatic carbocycles. The molecular formula is C25H21FN4O4. The van der Waals surface area contributed by atoms with Crippen molar-refractivity contribution in [1.82, 2.24) is 20.2 Å². The first-order chi connectivity index (χ1) is 16.5. The zero-order chi connectivity index (χ0) is 23.4. The second-order valence-electron chi connectivity index (χ2n) is 8.80. The van der Waals surface area contributed by atoms with Gasteiger partial charge >= 0.3 is 6.03 Å². The number of amides is 4. The predicted octanol–water partition coefficient (Wildman–Crippen LogP) is 2.81. The van der Waals surface area contributed by atoms with E-state index < -0.39 is 6.03 Å². The van der Waals surface area contributed by atoms with E-state index in [1.807, 2.05) is 24.3 Å². The Hall–Kier alpha value is -3.98. The average molecular weight is 460 g/mol. The number of nitrogens with one attached hydrogen (secondary N) is 1. The molecule has 0 saturated carbocycles. The van der Waals surface area contributed by atoms with Gasteiger partial charge in [0, 0.05) is 43.2 Å². The lowest BCUT2D eigenvalue weighted by Gasteiger charge is -2.36. The van der Waals surface area contributed by atoms with Gasteiger partial charge in [-0.05, 0) is 46.5 Å². The molecule has 4 amide bonds. The lowest BCUT2D eigenvalue weighted by atomic mass is 9.92. The molecule has 0 bridgehead atoms. The van der Waals surface area contributed by atoms with Crippen molar-refractivity contribution in [2.24, 2.45) is 0 Å². The first-order valence-electron chi connectivity index (χ1n) is 11.1. The Morgan fingerprint density at radius 1 is 0.971 bits per heavy atom. The fraction of sp³-hybridized carbons (Fsp3) is 0.240. The summed E-state index contributed by atoms with van der Waals surface area (Å²) in [5, 5.41) is 4.97. The van der Waals surface area contributed by atoms with Gasteiger partial charge in [-0.3, -0.25) is 19.8 Å². The van der Waals surface area contributed by atoms with Crippen LogP contribution in [0.25, 0.3) is 5.57 Å². The Morgan fingerprint density at radius 3 is 2.62 bits per heavy atom. The minimum absolute atomic E-state index is 0.171. The van der Waals surface area contributed by atoms with Gasteiger partial charge in [-0.2, -0.15) is 0 Å². The van der Waals surface area contributed by atoms with Crippen molar-refractivity contribution in [2.75, 3.05) is 19.6 Å². The molecule has 0 spiro atoms. The smallest absolute Gasteiger partial charge is 0.342 e. The molecule has 172 valence electrons. The maximum Gasteiger partial charge on any atom is 0.342 e. The number of carbonyl (C=O) groups excluding carboxylic acids is 3. The molecule has 6 rings (SSSR count). The summed E-state index contributed by atoms with van der Waals surface area (Å²) in [4.78, 5) is 38.7. The standard InChI is InChI=1S/C25H21FN4O4/c26-18-2-4-21-19(6-8-34-22(21)10-18)17-12-28(13-17)11-15-1-3-20-16(9-15)14-30(24(20)32)29-7-5-23(31)27-25(29)33/h1-4,6,8-10H,5,7,11-14H2,(H,27,31,33). The number of ether oxygens (including phenoxy) is 1. The number of hydrazine groups is 1. The molecule has 0 atom stereocenters. The summed E-state index contributed by atoms with van der Waals surface area (Å²) in [7, 11) is 0. The summed E-state index contributed by atoms with van der Waals surface area (Å²) < 4.78 is 19.0. The third-order valence-corrected chi connectivity index (χ3v) is 6.56. The van der Waals surface area contributed by atoms with Gasteiger partial charge in [0.2, 0.25) is 5.91 Å². The number of hydrogen-bond donors (Lipinski definition) is 1. The highest BCUT2D eigenvalue weighted by Crippen LogP contribution is 2.36. The van der Waals surface area contributed by atoms with E-state index in [-0.39, 0.29) is 30.6 Å². The molecule has 2 aromatic rings. The highest BCUT2D eigenvalue weighted by atomic mass is 19.1. The summed E-state index contributed by atoms with van der Waals surface area (Å²) in [5.74, 6) is -0.355. The number of hydrogen-bond acceptors (Lipinski definition) is 5. The first-order valence-corrected chi connectivity index (χ1v) is 11.1. The Morgan fingerprint density at radius 2 is 1.79 bits per heavy atom. The van der Waals surface area contributed by atoms with Gasteiger partial charge in [0.05, 0.1) is 19.4 Å². The maximum absolute atomic E-state index is 13.5. The third-order valence-electron chi connectivity index (χ3n) is 6.56. The van der Waals surface area contributed by atoms with E-state index in [1.165, 1.54) is 27.7 Å². The van der Waals surface area contributed by atoms with Crippen molar-refractivity contribution >= 4 is 23.4 Å². The minimum atomic E-state index is -0.565. The van der Waals surface area contributed by atoms with Crippen molar-refractivity contribution in [2.45, 2.75) is 19.5 Å². The summed E-state index contributed by atoms with van der Waals surface area (Å²) in [5.41, 5.74) is 5.77. The molecule has 9 heteroatoms. The van der Waals surface area contributed by atoms with Crippen molar-refractivity contribution in [3.05, 3.63) is 82.4 Å². The Kier molecular flexibility index (Phi) is 4.73. The molecule has 8 nitrogen and oxygen atoms in total. The first kappa shape index (κ1) is 20.6. The number of urea groups is 1. The number of carbonyl (C=O) groups is 3. The van der Waals surface area contributed by atoms with E-state index in [2.05, 4.69) is 10.2 Å². The average Bonchev–Trinajstić information content (AvgIpc) is 3.11. The van der Waals surface area contributed by atoms with Crippen LogP contribution in [0.3, 0.4) is 0 Å². The topological polar surface area (TPSA) is 82.2 Å². The molecule has 34 heavy (non-hydrogen) atoms. The molecule has 1 N–H and O–H groups in total. The molecule has 0 aromatic heterocycles. The summed E-state index contributed by atoms with van der Waals surface area (Å²) in [6.45, 7) is 2.81. The molecule has 2 saturated heterocycles. The van der Waals surface area contributed by atoms with Crippen molar-refractivity contribution in [3.8, 4) is 5.75 Å². The molecule has 0 aliphatic carbocycles. The fourth-order valence-corrected chi connectivity index (χ4v) is 4.86. The van der Waals surface area contributed by atoms with Gasteiger partial charge in [-0.15, -0.1) is 0 Å². The van der Waals surface area contributed by atoms with E-state index >= 15 is 0 Å². The van der Waals surface area contributed by atoms with E-state index in [0.29, 0.717) is 17.9 Å². The van der Waals surface area contributed by atoms with Crippen molar-refractivity contribution < 1.29 is 23.5 Å². The second-order valence-corrected chi connectivity index (χ2v) is 8.80. The van der Waals surface area contributed by atoms with Gasteiger partial charge in [0.15, 0.2) is 0 Å². The highest BCUT2D eigenvalue weighted by molar-refractivity contribution is 6.01. The minimum Gasteiger partial charge on any atom is -0.464 e. The number of halogens is 1. The zero-order valence-corrected chi connectivity index (χ0v) is 18.2. The van der Waals surface area contributed by atoms with Crippen LogP contribution >= 0.6 is 0 Å². The molecule has 2 fully saturated rings. The Balaban J connectivity index is 1.14. The Labute approximate surface area is 194 Å². The summed E-state index contributed by atoms with van der Waals surface area (Å²) in [6, 6.07) is 9.79. The fourth-order valence-electron chi connectivity index (χ4n) is 4.86. The van der Waals surface area contributed by atoms with Crippen LogP contribution in [0.1, 0.15) is 33.5 Å². The maximum atomic E-state index is 13.5. The van der Waals surface area contributed by atoms with Gasteiger partial charge in [0.1, 0.15) is 11.6 Å². The summed E-state index contributed by atoms with van der Waals surface area (Å²) >= 11 is 0. The molecule has 0 radical (unpaired) electrons. The van der Waals surface area contributed by atoms with Crippen LogP contribution in [-0.2, 0) is 17.9 Å². The van der Waals surface area contributed by atoms with Crippen LogP contribution in [-0.4, -0.2) is 52.4 Å². The van der Waals surface area contributed by atoms with Gasteiger partial charge in [0.25, 0.3) is 5.91 Å². The van der Waals surface area contributed by atoms with Crippen molar-refractivity contribution in [3.63, 3.8) is 0 Å². The zero-order valence-electron chi connectivity index (χ0n) is 18.2. The van der Waals surface area contributed by atoms with Gasteiger partial charge < -0.3 is 4.74 Å². The second kappa shape index (κ2) is 7.81. The third kappa shape index (κ3) is 3.45.